The zero-order valence-corrected chi connectivity index (χ0v) is 15.9. The van der Waals surface area contributed by atoms with Gasteiger partial charge in [0.15, 0.2) is 11.9 Å². The first-order valence-corrected chi connectivity index (χ1v) is 10.1. The molecule has 1 saturated heterocycles. The molecule has 0 spiro atoms. The standard InChI is InChI=1S/C19H23FN4OS/c1-3-15-21-19-24(22-15)18(25)17(26-19)16(13-4-6-14(20)7-5-13)23-10-8-12(2)9-11-23/h4-7,12,16,25H,3,8-11H2,1-2H3/p+1/t16-/m0/s1. The first-order valence-electron chi connectivity index (χ1n) is 9.24. The molecule has 7 heteroatoms. The highest BCUT2D eigenvalue weighted by molar-refractivity contribution is 7.17. The van der Waals surface area contributed by atoms with Crippen LogP contribution in [0.5, 0.6) is 5.88 Å². The topological polar surface area (TPSA) is 54.9 Å². The van der Waals surface area contributed by atoms with E-state index in [0.717, 1.165) is 54.5 Å². The zero-order chi connectivity index (χ0) is 18.3. The van der Waals surface area contributed by atoms with E-state index in [1.807, 2.05) is 19.1 Å². The van der Waals surface area contributed by atoms with Gasteiger partial charge in [0.2, 0.25) is 10.8 Å². The predicted molar refractivity (Wildman–Crippen MR) is 99.2 cm³/mol. The molecule has 1 fully saturated rings. The van der Waals surface area contributed by atoms with Crippen molar-refractivity contribution in [2.45, 2.75) is 39.2 Å². The normalized spacial score (nSPS) is 22.0. The fourth-order valence-corrected chi connectivity index (χ4v) is 4.94. The summed E-state index contributed by atoms with van der Waals surface area (Å²) in [5, 5.41) is 15.2. The Hall–Kier alpha value is -1.99. The fraction of sp³-hybridized carbons (Fsp3) is 0.474. The number of fused-ring (bicyclic) bond motifs is 1. The lowest BCUT2D eigenvalue weighted by molar-refractivity contribution is -0.931. The third-order valence-electron chi connectivity index (χ3n) is 5.35. The number of hydrogen-bond acceptors (Lipinski definition) is 4. The van der Waals surface area contributed by atoms with E-state index >= 15 is 0 Å². The summed E-state index contributed by atoms with van der Waals surface area (Å²) in [5.74, 6) is 1.39. The highest BCUT2D eigenvalue weighted by atomic mass is 32.1. The lowest BCUT2D eigenvalue weighted by Crippen LogP contribution is -3.13. The number of aryl methyl sites for hydroxylation is 1. The molecule has 4 rings (SSSR count). The van der Waals surface area contributed by atoms with Gasteiger partial charge in [-0.1, -0.05) is 25.2 Å². The Morgan fingerprint density at radius 1 is 1.31 bits per heavy atom. The molecule has 3 heterocycles. The first kappa shape index (κ1) is 17.4. The molecule has 1 atom stereocenters. The third kappa shape index (κ3) is 3.10. The average Bonchev–Trinajstić information content (AvgIpc) is 3.18. The van der Waals surface area contributed by atoms with E-state index in [2.05, 4.69) is 17.0 Å². The number of halogens is 1. The predicted octanol–water partition coefficient (Wildman–Crippen LogP) is 2.60. The Morgan fingerprint density at radius 2 is 2.00 bits per heavy atom. The third-order valence-corrected chi connectivity index (χ3v) is 6.44. The molecule has 5 nitrogen and oxygen atoms in total. The maximum atomic E-state index is 13.4. The van der Waals surface area contributed by atoms with Crippen molar-refractivity contribution < 1.29 is 14.4 Å². The van der Waals surface area contributed by atoms with Gasteiger partial charge in [-0.25, -0.2) is 9.37 Å². The number of nitrogens with zero attached hydrogens (tertiary/aromatic N) is 3. The number of aromatic hydroxyl groups is 1. The van der Waals surface area contributed by atoms with Gasteiger partial charge in [-0.15, -0.1) is 5.10 Å². The van der Waals surface area contributed by atoms with Crippen LogP contribution in [0, 0.1) is 11.7 Å². The van der Waals surface area contributed by atoms with Crippen molar-refractivity contribution in [1.82, 2.24) is 14.6 Å². The molecule has 26 heavy (non-hydrogen) atoms. The van der Waals surface area contributed by atoms with Crippen LogP contribution in [-0.4, -0.2) is 32.8 Å². The molecular formula is C19H24FN4OS+. The maximum Gasteiger partial charge on any atom is 0.235 e. The smallest absolute Gasteiger partial charge is 0.235 e. The number of piperidine rings is 1. The summed E-state index contributed by atoms with van der Waals surface area (Å²) in [5.41, 5.74) is 1.02. The molecule has 0 bridgehead atoms. The van der Waals surface area contributed by atoms with Crippen molar-refractivity contribution in [3.05, 3.63) is 46.3 Å². The number of quaternary nitrogens is 1. The molecule has 1 aromatic carbocycles. The van der Waals surface area contributed by atoms with Crippen LogP contribution in [0.4, 0.5) is 4.39 Å². The Kier molecular flexibility index (Phi) is 4.67. The van der Waals surface area contributed by atoms with E-state index in [1.54, 1.807) is 4.52 Å². The molecule has 1 aliphatic rings. The highest BCUT2D eigenvalue weighted by Crippen LogP contribution is 2.35. The van der Waals surface area contributed by atoms with Crippen LogP contribution in [-0.2, 0) is 6.42 Å². The maximum absolute atomic E-state index is 13.4. The lowest BCUT2D eigenvalue weighted by Gasteiger charge is -2.33. The van der Waals surface area contributed by atoms with Crippen molar-refractivity contribution in [2.24, 2.45) is 5.92 Å². The molecule has 0 radical (unpaired) electrons. The number of thiazole rings is 1. The van der Waals surface area contributed by atoms with E-state index in [1.165, 1.54) is 28.4 Å². The summed E-state index contributed by atoms with van der Waals surface area (Å²) in [4.78, 5) is 7.48. The molecular weight excluding hydrogens is 351 g/mol. The second kappa shape index (κ2) is 6.96. The number of benzene rings is 1. The van der Waals surface area contributed by atoms with Gasteiger partial charge < -0.3 is 10.0 Å². The SMILES string of the molecule is CCc1nc2sc([C@H](c3ccc(F)cc3)[NH+]3CCC(C)CC3)c(O)n2n1. The van der Waals surface area contributed by atoms with Gasteiger partial charge in [-0.3, -0.25) is 0 Å². The Morgan fingerprint density at radius 3 is 2.62 bits per heavy atom. The van der Waals surface area contributed by atoms with Crippen molar-refractivity contribution in [3.8, 4) is 5.88 Å². The van der Waals surface area contributed by atoms with E-state index in [4.69, 9.17) is 0 Å². The van der Waals surface area contributed by atoms with Crippen LogP contribution in [0.1, 0.15) is 49.0 Å². The van der Waals surface area contributed by atoms with Crippen molar-refractivity contribution in [2.75, 3.05) is 13.1 Å². The van der Waals surface area contributed by atoms with Crippen molar-refractivity contribution in [3.63, 3.8) is 0 Å². The van der Waals surface area contributed by atoms with Crippen LogP contribution < -0.4 is 4.90 Å². The van der Waals surface area contributed by atoms with Crippen LogP contribution in [0.25, 0.3) is 4.96 Å². The van der Waals surface area contributed by atoms with Gasteiger partial charge >= 0.3 is 0 Å². The molecule has 3 aromatic rings. The van der Waals surface area contributed by atoms with E-state index in [-0.39, 0.29) is 17.7 Å². The molecule has 0 unspecified atom stereocenters. The number of likely N-dealkylation sites (tertiary alicyclic amines) is 1. The molecule has 138 valence electrons. The average molecular weight is 375 g/mol. The molecule has 0 amide bonds. The van der Waals surface area contributed by atoms with Crippen LogP contribution in [0.2, 0.25) is 0 Å². The molecule has 0 saturated carbocycles. The van der Waals surface area contributed by atoms with Gasteiger partial charge in [0.1, 0.15) is 10.7 Å². The Bertz CT molecular complexity index is 896. The van der Waals surface area contributed by atoms with Gasteiger partial charge in [-0.05, 0) is 43.0 Å². The summed E-state index contributed by atoms with van der Waals surface area (Å²) in [6.45, 7) is 6.36. The van der Waals surface area contributed by atoms with Crippen molar-refractivity contribution >= 4 is 16.3 Å². The lowest BCUT2D eigenvalue weighted by atomic mass is 9.95. The molecule has 0 aliphatic carbocycles. The summed E-state index contributed by atoms with van der Waals surface area (Å²) in [6.07, 6.45) is 3.06. The van der Waals surface area contributed by atoms with Crippen molar-refractivity contribution in [1.29, 1.82) is 0 Å². The monoisotopic (exact) mass is 375 g/mol. The van der Waals surface area contributed by atoms with Gasteiger partial charge in [-0.2, -0.15) is 4.52 Å². The Balaban J connectivity index is 1.78. The Labute approximate surface area is 156 Å². The number of hydrogen-bond donors (Lipinski definition) is 2. The highest BCUT2D eigenvalue weighted by Gasteiger charge is 2.34. The van der Waals surface area contributed by atoms with E-state index in [9.17, 15) is 9.50 Å². The number of rotatable bonds is 4. The second-order valence-electron chi connectivity index (χ2n) is 7.19. The minimum Gasteiger partial charge on any atom is -0.492 e. The molecule has 2 N–H and O–H groups in total. The van der Waals surface area contributed by atoms with Crippen LogP contribution in [0.3, 0.4) is 0 Å². The van der Waals surface area contributed by atoms with Gasteiger partial charge in [0, 0.05) is 12.0 Å². The fourth-order valence-electron chi connectivity index (χ4n) is 3.78. The van der Waals surface area contributed by atoms with E-state index in [0.29, 0.717) is 4.96 Å². The largest absolute Gasteiger partial charge is 0.492 e. The van der Waals surface area contributed by atoms with E-state index < -0.39 is 0 Å². The first-order chi connectivity index (χ1) is 12.6. The minimum atomic E-state index is -0.241. The molecule has 1 aliphatic heterocycles. The van der Waals surface area contributed by atoms with Gasteiger partial charge in [0.05, 0.1) is 13.1 Å². The minimum absolute atomic E-state index is 0.0262. The van der Waals surface area contributed by atoms with Gasteiger partial charge in [0.25, 0.3) is 0 Å². The van der Waals surface area contributed by atoms with Crippen LogP contribution in [0.15, 0.2) is 24.3 Å². The number of nitrogens with one attached hydrogen (secondary N) is 1. The molecule has 2 aromatic heterocycles. The van der Waals surface area contributed by atoms with Crippen LogP contribution >= 0.6 is 11.3 Å². The summed E-state index contributed by atoms with van der Waals surface area (Å²) in [6, 6.07) is 6.63. The number of aromatic nitrogens is 3. The summed E-state index contributed by atoms with van der Waals surface area (Å²) < 4.78 is 15.0. The quantitative estimate of drug-likeness (QED) is 0.737. The zero-order valence-electron chi connectivity index (χ0n) is 15.1. The summed E-state index contributed by atoms with van der Waals surface area (Å²) in [7, 11) is 0. The second-order valence-corrected chi connectivity index (χ2v) is 8.20. The summed E-state index contributed by atoms with van der Waals surface area (Å²) >= 11 is 1.49.